The average Bonchev–Trinajstić information content (AvgIpc) is 2.87. The van der Waals surface area contributed by atoms with Crippen LogP contribution in [-0.2, 0) is 0 Å². The molecular weight excluding hydrogens is 168 g/mol. The van der Waals surface area contributed by atoms with E-state index in [9.17, 15) is 0 Å². The quantitative estimate of drug-likeness (QED) is 0.729. The van der Waals surface area contributed by atoms with Gasteiger partial charge in [0.15, 0.2) is 0 Å². The molecule has 0 spiro atoms. The molecule has 1 heterocycles. The molecule has 1 aliphatic carbocycles. The molecule has 0 bridgehead atoms. The largest absolute Gasteiger partial charge is 0.390 e. The summed E-state index contributed by atoms with van der Waals surface area (Å²) < 4.78 is 4.98. The van der Waals surface area contributed by atoms with Crippen LogP contribution in [0.5, 0.6) is 0 Å². The highest BCUT2D eigenvalue weighted by molar-refractivity contribution is 5.22. The van der Waals surface area contributed by atoms with Gasteiger partial charge in [0.25, 0.3) is 0 Å². The predicted octanol–water partition coefficient (Wildman–Crippen LogP) is 1.11. The van der Waals surface area contributed by atoms with Crippen molar-refractivity contribution in [2.45, 2.75) is 19.8 Å². The minimum absolute atomic E-state index is 0.113. The minimum Gasteiger partial charge on any atom is -0.390 e. The third-order valence-electron chi connectivity index (χ3n) is 2.44. The zero-order chi connectivity index (χ0) is 9.26. The molecule has 0 aromatic carbocycles. The molecule has 72 valence electrons. The molecule has 5 nitrogen and oxygen atoms in total. The van der Waals surface area contributed by atoms with Crippen molar-refractivity contribution in [1.82, 2.24) is 10.2 Å². The zero-order valence-electron chi connectivity index (χ0n) is 7.66. The molecule has 2 rings (SSSR count). The molecule has 0 amide bonds. The SMILES string of the molecule is CC(CNc1nnc(N)o1)C1CC1. The van der Waals surface area contributed by atoms with E-state index in [0.29, 0.717) is 11.9 Å². The highest BCUT2D eigenvalue weighted by atomic mass is 16.4. The van der Waals surface area contributed by atoms with E-state index in [4.69, 9.17) is 10.2 Å². The van der Waals surface area contributed by atoms with E-state index in [1.807, 2.05) is 0 Å². The molecule has 0 aliphatic heterocycles. The fraction of sp³-hybridized carbons (Fsp3) is 0.750. The lowest BCUT2D eigenvalue weighted by Gasteiger charge is -2.08. The van der Waals surface area contributed by atoms with Crippen LogP contribution in [0.2, 0.25) is 0 Å². The minimum atomic E-state index is 0.113. The van der Waals surface area contributed by atoms with Crippen molar-refractivity contribution in [3.63, 3.8) is 0 Å². The van der Waals surface area contributed by atoms with Gasteiger partial charge >= 0.3 is 12.0 Å². The average molecular weight is 182 g/mol. The van der Waals surface area contributed by atoms with Gasteiger partial charge in [-0.05, 0) is 24.7 Å². The molecule has 3 N–H and O–H groups in total. The number of hydrogen-bond acceptors (Lipinski definition) is 5. The summed E-state index contributed by atoms with van der Waals surface area (Å²) in [6, 6.07) is 0.534. The lowest BCUT2D eigenvalue weighted by molar-refractivity contribution is 0.518. The first kappa shape index (κ1) is 8.34. The van der Waals surface area contributed by atoms with Crippen molar-refractivity contribution < 1.29 is 4.42 Å². The number of nitrogens with one attached hydrogen (secondary N) is 1. The Balaban J connectivity index is 1.78. The molecule has 13 heavy (non-hydrogen) atoms. The Kier molecular flexibility index (Phi) is 2.08. The van der Waals surface area contributed by atoms with E-state index in [-0.39, 0.29) is 6.01 Å². The van der Waals surface area contributed by atoms with Crippen molar-refractivity contribution in [3.05, 3.63) is 0 Å². The van der Waals surface area contributed by atoms with Gasteiger partial charge in [0.05, 0.1) is 0 Å². The first-order chi connectivity index (χ1) is 6.25. The van der Waals surface area contributed by atoms with Gasteiger partial charge < -0.3 is 15.5 Å². The summed E-state index contributed by atoms with van der Waals surface area (Å²) in [5.41, 5.74) is 5.28. The van der Waals surface area contributed by atoms with Crippen LogP contribution in [0, 0.1) is 11.8 Å². The van der Waals surface area contributed by atoms with E-state index in [2.05, 4.69) is 22.4 Å². The summed E-state index contributed by atoms with van der Waals surface area (Å²) in [5, 5.41) is 10.3. The lowest BCUT2D eigenvalue weighted by atomic mass is 10.1. The molecule has 1 aromatic heterocycles. The second-order valence-corrected chi connectivity index (χ2v) is 3.64. The number of aromatic nitrogens is 2. The summed E-state index contributed by atoms with van der Waals surface area (Å²) >= 11 is 0. The number of rotatable bonds is 4. The number of nitrogen functional groups attached to an aromatic ring is 1. The van der Waals surface area contributed by atoms with E-state index >= 15 is 0 Å². The van der Waals surface area contributed by atoms with Crippen molar-refractivity contribution in [3.8, 4) is 0 Å². The van der Waals surface area contributed by atoms with Gasteiger partial charge in [0.1, 0.15) is 0 Å². The molecule has 0 radical (unpaired) electrons. The van der Waals surface area contributed by atoms with Gasteiger partial charge in [-0.2, -0.15) is 0 Å². The van der Waals surface area contributed by atoms with Gasteiger partial charge in [0, 0.05) is 6.54 Å². The van der Waals surface area contributed by atoms with Crippen LogP contribution in [0.4, 0.5) is 12.0 Å². The third-order valence-corrected chi connectivity index (χ3v) is 2.44. The monoisotopic (exact) mass is 182 g/mol. The third kappa shape index (κ3) is 2.11. The van der Waals surface area contributed by atoms with Crippen LogP contribution < -0.4 is 11.1 Å². The van der Waals surface area contributed by atoms with Crippen LogP contribution in [-0.4, -0.2) is 16.7 Å². The van der Waals surface area contributed by atoms with E-state index in [1.165, 1.54) is 12.8 Å². The van der Waals surface area contributed by atoms with Crippen molar-refractivity contribution in [2.75, 3.05) is 17.6 Å². The lowest BCUT2D eigenvalue weighted by Crippen LogP contribution is -2.12. The summed E-state index contributed by atoms with van der Waals surface area (Å²) in [4.78, 5) is 0. The smallest absolute Gasteiger partial charge is 0.316 e. The van der Waals surface area contributed by atoms with E-state index in [1.54, 1.807) is 0 Å². The van der Waals surface area contributed by atoms with Crippen LogP contribution in [0.3, 0.4) is 0 Å². The van der Waals surface area contributed by atoms with Crippen LogP contribution >= 0.6 is 0 Å². The number of nitrogens with two attached hydrogens (primary N) is 1. The number of anilines is 2. The van der Waals surface area contributed by atoms with Crippen molar-refractivity contribution >= 4 is 12.0 Å². The second kappa shape index (κ2) is 3.24. The zero-order valence-corrected chi connectivity index (χ0v) is 7.66. The van der Waals surface area contributed by atoms with Crippen LogP contribution in [0.15, 0.2) is 4.42 Å². The maximum absolute atomic E-state index is 5.28. The van der Waals surface area contributed by atoms with E-state index < -0.39 is 0 Å². The van der Waals surface area contributed by atoms with E-state index in [0.717, 1.165) is 12.5 Å². The number of nitrogens with zero attached hydrogens (tertiary/aromatic N) is 2. The highest BCUT2D eigenvalue weighted by Gasteiger charge is 2.27. The standard InChI is InChI=1S/C8H14N4O/c1-5(6-2-3-6)4-10-8-12-11-7(9)13-8/h5-6H,2-4H2,1H3,(H2,9,11)(H,10,12). The van der Waals surface area contributed by atoms with Gasteiger partial charge in [-0.1, -0.05) is 17.1 Å². The molecule has 1 saturated carbocycles. The summed E-state index contributed by atoms with van der Waals surface area (Å²) in [6.07, 6.45) is 2.71. The Bertz CT molecular complexity index is 281. The van der Waals surface area contributed by atoms with Gasteiger partial charge in [-0.15, -0.1) is 0 Å². The first-order valence-corrected chi connectivity index (χ1v) is 4.58. The van der Waals surface area contributed by atoms with Crippen molar-refractivity contribution in [2.24, 2.45) is 11.8 Å². The van der Waals surface area contributed by atoms with Gasteiger partial charge in [-0.3, -0.25) is 0 Å². The highest BCUT2D eigenvalue weighted by Crippen LogP contribution is 2.36. The maximum atomic E-state index is 5.28. The predicted molar refractivity (Wildman–Crippen MR) is 49.1 cm³/mol. The summed E-state index contributed by atoms with van der Waals surface area (Å²) in [5.74, 6) is 1.56. The number of hydrogen-bond donors (Lipinski definition) is 2. The Morgan fingerprint density at radius 1 is 1.62 bits per heavy atom. The van der Waals surface area contributed by atoms with Gasteiger partial charge in [-0.25, -0.2) is 0 Å². The Labute approximate surface area is 76.7 Å². The maximum Gasteiger partial charge on any atom is 0.316 e. The van der Waals surface area contributed by atoms with Crippen LogP contribution in [0.1, 0.15) is 19.8 Å². The second-order valence-electron chi connectivity index (χ2n) is 3.64. The fourth-order valence-electron chi connectivity index (χ4n) is 1.39. The first-order valence-electron chi connectivity index (χ1n) is 4.58. The normalized spacial score (nSPS) is 18.5. The molecule has 1 atom stereocenters. The van der Waals surface area contributed by atoms with Crippen molar-refractivity contribution in [1.29, 1.82) is 0 Å². The fourth-order valence-corrected chi connectivity index (χ4v) is 1.39. The summed E-state index contributed by atoms with van der Waals surface area (Å²) in [6.45, 7) is 3.11. The van der Waals surface area contributed by atoms with Gasteiger partial charge in [0.2, 0.25) is 0 Å². The van der Waals surface area contributed by atoms with Crippen LogP contribution in [0.25, 0.3) is 0 Å². The molecule has 0 saturated heterocycles. The Hall–Kier alpha value is -1.26. The molecule has 5 heteroatoms. The molecule has 1 aliphatic rings. The topological polar surface area (TPSA) is 77.0 Å². The molecule has 1 aromatic rings. The molecule has 1 fully saturated rings. The Morgan fingerprint density at radius 3 is 2.92 bits per heavy atom. The summed E-state index contributed by atoms with van der Waals surface area (Å²) in [7, 11) is 0. The Morgan fingerprint density at radius 2 is 2.38 bits per heavy atom. The molecular formula is C8H14N4O. The molecule has 1 unspecified atom stereocenters.